The summed E-state index contributed by atoms with van der Waals surface area (Å²) >= 11 is 0. The number of benzene rings is 2. The lowest BCUT2D eigenvalue weighted by Crippen LogP contribution is -2.10. The molecule has 2 aromatic carbocycles. The Morgan fingerprint density at radius 2 is 1.68 bits per heavy atom. The molecule has 31 heavy (non-hydrogen) atoms. The Hall–Kier alpha value is -3.17. The van der Waals surface area contributed by atoms with Crippen LogP contribution in [0.15, 0.2) is 36.4 Å². The van der Waals surface area contributed by atoms with E-state index in [1.165, 1.54) is 30.4 Å². The minimum Gasteiger partial charge on any atom is -0.507 e. The maximum Gasteiger partial charge on any atom is 0.416 e. The first-order valence-corrected chi connectivity index (χ1v) is 8.91. The summed E-state index contributed by atoms with van der Waals surface area (Å²) < 4.78 is 84.5. The third-order valence-corrected chi connectivity index (χ3v) is 4.08. The van der Waals surface area contributed by atoms with Crippen LogP contribution < -0.4 is 4.74 Å². The number of hydrogen-bond donors (Lipinski definition) is 1. The molecule has 0 aliphatic heterocycles. The molecule has 0 spiro atoms. The summed E-state index contributed by atoms with van der Waals surface area (Å²) in [6, 6.07) is 6.58. The highest BCUT2D eigenvalue weighted by atomic mass is 19.4. The van der Waals surface area contributed by atoms with Gasteiger partial charge in [0.2, 0.25) is 0 Å². The normalized spacial score (nSPS) is 12.2. The van der Waals surface area contributed by atoms with Crippen molar-refractivity contribution in [3.05, 3.63) is 58.7 Å². The third-order valence-electron chi connectivity index (χ3n) is 4.08. The molecule has 0 saturated heterocycles. The molecule has 10 heteroatoms. The molecule has 0 atom stereocenters. The van der Waals surface area contributed by atoms with Crippen molar-refractivity contribution in [2.24, 2.45) is 0 Å². The molecule has 2 rings (SSSR count). The fraction of sp³-hybridized carbons (Fsp3) is 0.286. The second-order valence-corrected chi connectivity index (χ2v) is 6.42. The number of rotatable bonds is 7. The van der Waals surface area contributed by atoms with E-state index in [0.717, 1.165) is 25.3 Å². The molecule has 0 fully saturated rings. The van der Waals surface area contributed by atoms with Crippen molar-refractivity contribution >= 4 is 18.1 Å². The number of halogens is 6. The van der Waals surface area contributed by atoms with Crippen molar-refractivity contribution in [2.45, 2.75) is 25.2 Å². The highest BCUT2D eigenvalue weighted by Crippen LogP contribution is 2.32. The lowest BCUT2D eigenvalue weighted by molar-refractivity contribution is -0.138. The monoisotopic (exact) mass is 448 g/mol. The molecule has 0 aliphatic carbocycles. The van der Waals surface area contributed by atoms with E-state index >= 15 is 0 Å². The van der Waals surface area contributed by atoms with Crippen molar-refractivity contribution in [1.29, 1.82) is 0 Å². The fourth-order valence-corrected chi connectivity index (χ4v) is 2.59. The van der Waals surface area contributed by atoms with Crippen LogP contribution in [0.4, 0.5) is 26.3 Å². The topological polar surface area (TPSA) is 55.8 Å². The number of hydrogen-bond acceptors (Lipinski definition) is 4. The Bertz CT molecular complexity index is 931. The first kappa shape index (κ1) is 24.1. The van der Waals surface area contributed by atoms with Crippen molar-refractivity contribution < 1.29 is 45.7 Å². The predicted octanol–water partition coefficient (Wildman–Crippen LogP) is 6.09. The van der Waals surface area contributed by atoms with E-state index in [2.05, 4.69) is 4.74 Å². The van der Waals surface area contributed by atoms with Gasteiger partial charge in [-0.05, 0) is 35.7 Å². The average Bonchev–Trinajstić information content (AvgIpc) is 2.68. The standard InChI is InChI=1S/C21H18F6O4/c1-30-19(29)18-14(6-3-13-4-7-15(8-5-13)21(25,26)27)11-16(12-17(18)28)31-10-2-9-20(22,23)24/h3-8,11-12,28H,2,9-10H2,1H3/b6-3+. The van der Waals surface area contributed by atoms with Crippen molar-refractivity contribution in [3.63, 3.8) is 0 Å². The van der Waals surface area contributed by atoms with Crippen LogP contribution in [0.25, 0.3) is 12.2 Å². The van der Waals surface area contributed by atoms with Crippen LogP contribution in [0.5, 0.6) is 11.5 Å². The molecule has 0 aliphatic rings. The Balaban J connectivity index is 2.27. The zero-order valence-corrected chi connectivity index (χ0v) is 16.2. The summed E-state index contributed by atoms with van der Waals surface area (Å²) in [5.74, 6) is -1.39. The van der Waals surface area contributed by atoms with Crippen molar-refractivity contribution in [1.82, 2.24) is 0 Å². The summed E-state index contributed by atoms with van der Waals surface area (Å²) in [4.78, 5) is 12.0. The second-order valence-electron chi connectivity index (χ2n) is 6.42. The van der Waals surface area contributed by atoms with Gasteiger partial charge in [-0.2, -0.15) is 26.3 Å². The average molecular weight is 448 g/mol. The zero-order valence-electron chi connectivity index (χ0n) is 16.2. The molecule has 4 nitrogen and oxygen atoms in total. The summed E-state index contributed by atoms with van der Waals surface area (Å²) in [6.45, 7) is -0.279. The molecule has 0 unspecified atom stereocenters. The predicted molar refractivity (Wildman–Crippen MR) is 101 cm³/mol. The van der Waals surface area contributed by atoms with Crippen molar-refractivity contribution in [2.75, 3.05) is 13.7 Å². The van der Waals surface area contributed by atoms with E-state index in [0.29, 0.717) is 5.56 Å². The van der Waals surface area contributed by atoms with E-state index in [-0.39, 0.29) is 29.9 Å². The van der Waals surface area contributed by atoms with Crippen LogP contribution in [0.3, 0.4) is 0 Å². The maximum absolute atomic E-state index is 12.7. The second kappa shape index (κ2) is 9.76. The smallest absolute Gasteiger partial charge is 0.416 e. The van der Waals surface area contributed by atoms with Gasteiger partial charge in [-0.15, -0.1) is 0 Å². The van der Waals surface area contributed by atoms with Gasteiger partial charge in [0.25, 0.3) is 0 Å². The highest BCUT2D eigenvalue weighted by Gasteiger charge is 2.30. The molecular weight excluding hydrogens is 430 g/mol. The van der Waals surface area contributed by atoms with Crippen LogP contribution in [-0.4, -0.2) is 31.0 Å². The number of carbonyl (C=O) groups excluding carboxylic acids is 1. The summed E-state index contributed by atoms with van der Waals surface area (Å²) in [5.41, 5.74) is -0.572. The first-order chi connectivity index (χ1) is 14.4. The lowest BCUT2D eigenvalue weighted by Gasteiger charge is -2.12. The van der Waals surface area contributed by atoms with Gasteiger partial charge in [-0.1, -0.05) is 24.3 Å². The number of phenols is 1. The molecule has 0 radical (unpaired) electrons. The molecule has 0 amide bonds. The van der Waals surface area contributed by atoms with Gasteiger partial charge in [0, 0.05) is 12.5 Å². The number of ether oxygens (including phenoxy) is 2. The van der Waals surface area contributed by atoms with Crippen molar-refractivity contribution in [3.8, 4) is 11.5 Å². The van der Waals surface area contributed by atoms with Gasteiger partial charge in [-0.25, -0.2) is 4.79 Å². The number of methoxy groups -OCH3 is 1. The van der Waals surface area contributed by atoms with Gasteiger partial charge in [0.1, 0.15) is 17.1 Å². The van der Waals surface area contributed by atoms with E-state index < -0.39 is 36.1 Å². The number of alkyl halides is 6. The molecule has 0 saturated carbocycles. The van der Waals surface area contributed by atoms with E-state index in [9.17, 15) is 36.2 Å². The highest BCUT2D eigenvalue weighted by molar-refractivity contribution is 5.98. The molecule has 0 bridgehead atoms. The van der Waals surface area contributed by atoms with Crippen LogP contribution in [0, 0.1) is 0 Å². The zero-order chi connectivity index (χ0) is 23.2. The summed E-state index contributed by atoms with van der Waals surface area (Å²) in [5, 5.41) is 10.2. The van der Waals surface area contributed by atoms with Crippen LogP contribution >= 0.6 is 0 Å². The van der Waals surface area contributed by atoms with Gasteiger partial charge < -0.3 is 14.6 Å². The maximum atomic E-state index is 12.7. The SMILES string of the molecule is COC(=O)c1c(O)cc(OCCCC(F)(F)F)cc1/C=C/c1ccc(C(F)(F)F)cc1. The largest absolute Gasteiger partial charge is 0.507 e. The van der Waals surface area contributed by atoms with Crippen LogP contribution in [0.2, 0.25) is 0 Å². The molecule has 1 N–H and O–H groups in total. The summed E-state index contributed by atoms with van der Waals surface area (Å²) in [6.07, 6.45) is -7.41. The van der Waals surface area contributed by atoms with Crippen LogP contribution in [0.1, 0.15) is 39.9 Å². The Morgan fingerprint density at radius 3 is 2.23 bits per heavy atom. The quantitative estimate of drug-likeness (QED) is 0.241. The van der Waals surface area contributed by atoms with Gasteiger partial charge in [0.05, 0.1) is 19.3 Å². The van der Waals surface area contributed by atoms with Gasteiger partial charge >= 0.3 is 18.3 Å². The molecule has 2 aromatic rings. The van der Waals surface area contributed by atoms with E-state index in [1.54, 1.807) is 0 Å². The first-order valence-electron chi connectivity index (χ1n) is 8.91. The number of esters is 1. The number of carbonyl (C=O) groups is 1. The molecule has 168 valence electrons. The molecule has 0 heterocycles. The van der Waals surface area contributed by atoms with Crippen LogP contribution in [-0.2, 0) is 10.9 Å². The van der Waals surface area contributed by atoms with Gasteiger partial charge in [0.15, 0.2) is 0 Å². The minimum absolute atomic E-state index is 0.0133. The van der Waals surface area contributed by atoms with Gasteiger partial charge in [-0.3, -0.25) is 0 Å². The third kappa shape index (κ3) is 7.23. The lowest BCUT2D eigenvalue weighted by atomic mass is 10.0. The van der Waals surface area contributed by atoms with E-state index in [1.807, 2.05) is 0 Å². The Labute approximate surface area is 173 Å². The Morgan fingerprint density at radius 1 is 1.03 bits per heavy atom. The van der Waals surface area contributed by atoms with E-state index in [4.69, 9.17) is 4.74 Å². The summed E-state index contributed by atoms with van der Waals surface area (Å²) in [7, 11) is 1.09. The number of aromatic hydroxyl groups is 1. The number of phenolic OH excluding ortho intramolecular Hbond substituents is 1. The fourth-order valence-electron chi connectivity index (χ4n) is 2.59. The molecular formula is C21H18F6O4. The molecule has 0 aromatic heterocycles. The Kier molecular flexibility index (Phi) is 7.59. The minimum atomic E-state index is -4.48.